The summed E-state index contributed by atoms with van der Waals surface area (Å²) in [4.78, 5) is 11.6. The SMILES string of the molecule is CCCc1ccc(OCCCn2cc(N)ccc2=O)cc1. The lowest BCUT2D eigenvalue weighted by molar-refractivity contribution is 0.301. The zero-order chi connectivity index (χ0) is 15.1. The molecule has 0 aliphatic heterocycles. The standard InChI is InChI=1S/C17H22N2O2/c1-2-4-14-5-8-16(9-6-14)21-12-3-11-19-13-15(18)7-10-17(19)20/h5-10,13H,2-4,11-12,18H2,1H3. The average Bonchev–Trinajstić information content (AvgIpc) is 2.49. The molecule has 0 aliphatic carbocycles. The molecular weight excluding hydrogens is 264 g/mol. The first kappa shape index (κ1) is 15.2. The zero-order valence-electron chi connectivity index (χ0n) is 12.4. The Bertz CT molecular complexity index is 617. The minimum absolute atomic E-state index is 0.0341. The van der Waals surface area contributed by atoms with E-state index in [1.807, 2.05) is 12.1 Å². The Kier molecular flexibility index (Phi) is 5.43. The summed E-state index contributed by atoms with van der Waals surface area (Å²) in [6.45, 7) is 3.36. The van der Waals surface area contributed by atoms with E-state index in [1.165, 1.54) is 11.6 Å². The van der Waals surface area contributed by atoms with E-state index in [1.54, 1.807) is 16.8 Å². The lowest BCUT2D eigenvalue weighted by Gasteiger charge is -2.09. The quantitative estimate of drug-likeness (QED) is 0.796. The summed E-state index contributed by atoms with van der Waals surface area (Å²) in [6, 6.07) is 11.3. The molecule has 0 atom stereocenters. The van der Waals surface area contributed by atoms with E-state index in [2.05, 4.69) is 19.1 Å². The first-order chi connectivity index (χ1) is 10.2. The topological polar surface area (TPSA) is 57.2 Å². The van der Waals surface area contributed by atoms with Gasteiger partial charge in [0.25, 0.3) is 5.56 Å². The molecule has 2 rings (SSSR count). The van der Waals surface area contributed by atoms with Crippen molar-refractivity contribution in [3.8, 4) is 5.75 Å². The smallest absolute Gasteiger partial charge is 0.250 e. The molecule has 112 valence electrons. The van der Waals surface area contributed by atoms with Gasteiger partial charge in [-0.2, -0.15) is 0 Å². The highest BCUT2D eigenvalue weighted by molar-refractivity contribution is 5.33. The van der Waals surface area contributed by atoms with Crippen molar-refractivity contribution >= 4 is 5.69 Å². The lowest BCUT2D eigenvalue weighted by atomic mass is 10.1. The van der Waals surface area contributed by atoms with Gasteiger partial charge in [0, 0.05) is 24.5 Å². The summed E-state index contributed by atoms with van der Waals surface area (Å²) in [6.07, 6.45) is 4.68. The minimum Gasteiger partial charge on any atom is -0.494 e. The predicted molar refractivity (Wildman–Crippen MR) is 85.7 cm³/mol. The molecule has 1 aromatic heterocycles. The molecule has 0 fully saturated rings. The van der Waals surface area contributed by atoms with Gasteiger partial charge in [-0.15, -0.1) is 0 Å². The van der Waals surface area contributed by atoms with Crippen LogP contribution in [-0.4, -0.2) is 11.2 Å². The van der Waals surface area contributed by atoms with Crippen LogP contribution in [0.5, 0.6) is 5.75 Å². The van der Waals surface area contributed by atoms with Crippen molar-refractivity contribution in [1.82, 2.24) is 4.57 Å². The monoisotopic (exact) mass is 286 g/mol. The van der Waals surface area contributed by atoms with E-state index < -0.39 is 0 Å². The first-order valence-corrected chi connectivity index (χ1v) is 7.37. The van der Waals surface area contributed by atoms with Gasteiger partial charge in [-0.05, 0) is 36.6 Å². The molecule has 1 heterocycles. The Morgan fingerprint density at radius 1 is 1.14 bits per heavy atom. The van der Waals surface area contributed by atoms with Crippen molar-refractivity contribution in [3.05, 3.63) is 58.5 Å². The van der Waals surface area contributed by atoms with Crippen LogP contribution in [0.3, 0.4) is 0 Å². The molecule has 0 amide bonds. The van der Waals surface area contributed by atoms with Crippen LogP contribution in [0.2, 0.25) is 0 Å². The van der Waals surface area contributed by atoms with E-state index >= 15 is 0 Å². The fourth-order valence-electron chi connectivity index (χ4n) is 2.19. The summed E-state index contributed by atoms with van der Waals surface area (Å²) in [5.74, 6) is 0.870. The zero-order valence-corrected chi connectivity index (χ0v) is 12.4. The number of rotatable bonds is 7. The van der Waals surface area contributed by atoms with Crippen LogP contribution in [0.4, 0.5) is 5.69 Å². The third-order valence-electron chi connectivity index (χ3n) is 3.28. The highest BCUT2D eigenvalue weighted by atomic mass is 16.5. The molecule has 0 bridgehead atoms. The van der Waals surface area contributed by atoms with Gasteiger partial charge in [0.15, 0.2) is 0 Å². The number of aromatic nitrogens is 1. The maximum atomic E-state index is 11.6. The number of hydrogen-bond acceptors (Lipinski definition) is 3. The molecule has 0 saturated carbocycles. The van der Waals surface area contributed by atoms with Crippen molar-refractivity contribution in [2.45, 2.75) is 32.7 Å². The molecule has 4 nitrogen and oxygen atoms in total. The average molecular weight is 286 g/mol. The van der Waals surface area contributed by atoms with E-state index in [4.69, 9.17) is 10.5 Å². The van der Waals surface area contributed by atoms with Crippen LogP contribution >= 0.6 is 0 Å². The molecule has 0 radical (unpaired) electrons. The number of nitrogen functional groups attached to an aromatic ring is 1. The number of benzene rings is 1. The summed E-state index contributed by atoms with van der Waals surface area (Å²) >= 11 is 0. The fourth-order valence-corrected chi connectivity index (χ4v) is 2.19. The van der Waals surface area contributed by atoms with Gasteiger partial charge in [0.1, 0.15) is 5.75 Å². The molecule has 1 aromatic carbocycles. The van der Waals surface area contributed by atoms with Gasteiger partial charge in [0.2, 0.25) is 0 Å². The van der Waals surface area contributed by atoms with Crippen molar-refractivity contribution < 1.29 is 4.74 Å². The van der Waals surface area contributed by atoms with Gasteiger partial charge >= 0.3 is 0 Å². The van der Waals surface area contributed by atoms with Crippen molar-refractivity contribution in [2.24, 2.45) is 0 Å². The van der Waals surface area contributed by atoms with Crippen molar-refractivity contribution in [2.75, 3.05) is 12.3 Å². The van der Waals surface area contributed by atoms with Gasteiger partial charge in [0.05, 0.1) is 6.61 Å². The predicted octanol–water partition coefficient (Wildman–Crippen LogP) is 2.85. The second-order valence-corrected chi connectivity index (χ2v) is 5.09. The van der Waals surface area contributed by atoms with E-state index in [-0.39, 0.29) is 5.56 Å². The highest BCUT2D eigenvalue weighted by Crippen LogP contribution is 2.13. The van der Waals surface area contributed by atoms with Crippen molar-refractivity contribution in [1.29, 1.82) is 0 Å². The number of aryl methyl sites for hydroxylation is 2. The molecule has 0 saturated heterocycles. The Morgan fingerprint density at radius 3 is 2.62 bits per heavy atom. The van der Waals surface area contributed by atoms with E-state index in [0.717, 1.165) is 25.0 Å². The molecular formula is C17H22N2O2. The number of nitrogens with two attached hydrogens (primary N) is 1. The first-order valence-electron chi connectivity index (χ1n) is 7.37. The van der Waals surface area contributed by atoms with Gasteiger partial charge in [-0.1, -0.05) is 25.5 Å². The summed E-state index contributed by atoms with van der Waals surface area (Å²) in [7, 11) is 0. The molecule has 2 N–H and O–H groups in total. The number of ether oxygens (including phenoxy) is 1. The normalized spacial score (nSPS) is 10.5. The summed E-state index contributed by atoms with van der Waals surface area (Å²) in [5, 5.41) is 0. The number of nitrogens with zero attached hydrogens (tertiary/aromatic N) is 1. The van der Waals surface area contributed by atoms with Crippen LogP contribution in [-0.2, 0) is 13.0 Å². The Labute approximate surface area is 125 Å². The van der Waals surface area contributed by atoms with Crippen LogP contribution < -0.4 is 16.0 Å². The van der Waals surface area contributed by atoms with Gasteiger partial charge in [-0.3, -0.25) is 4.79 Å². The Balaban J connectivity index is 1.79. The van der Waals surface area contributed by atoms with Gasteiger partial charge in [-0.25, -0.2) is 0 Å². The van der Waals surface area contributed by atoms with Crippen molar-refractivity contribution in [3.63, 3.8) is 0 Å². The van der Waals surface area contributed by atoms with Crippen LogP contribution in [0.25, 0.3) is 0 Å². The van der Waals surface area contributed by atoms with Crippen LogP contribution in [0.15, 0.2) is 47.4 Å². The number of hydrogen-bond donors (Lipinski definition) is 1. The number of anilines is 1. The van der Waals surface area contributed by atoms with Crippen LogP contribution in [0, 0.1) is 0 Å². The lowest BCUT2D eigenvalue weighted by Crippen LogP contribution is -2.20. The summed E-state index contributed by atoms with van der Waals surface area (Å²) < 4.78 is 7.30. The maximum absolute atomic E-state index is 11.6. The Hall–Kier alpha value is -2.23. The number of pyridine rings is 1. The molecule has 0 aliphatic rings. The molecule has 0 spiro atoms. The molecule has 21 heavy (non-hydrogen) atoms. The summed E-state index contributed by atoms with van der Waals surface area (Å²) in [5.41, 5.74) is 7.57. The fraction of sp³-hybridized carbons (Fsp3) is 0.353. The minimum atomic E-state index is -0.0341. The Morgan fingerprint density at radius 2 is 1.90 bits per heavy atom. The molecule has 2 aromatic rings. The largest absolute Gasteiger partial charge is 0.494 e. The maximum Gasteiger partial charge on any atom is 0.250 e. The van der Waals surface area contributed by atoms with Crippen LogP contribution in [0.1, 0.15) is 25.3 Å². The molecule has 0 unspecified atom stereocenters. The van der Waals surface area contributed by atoms with Gasteiger partial charge < -0.3 is 15.0 Å². The molecule has 4 heteroatoms. The highest BCUT2D eigenvalue weighted by Gasteiger charge is 1.98. The van der Waals surface area contributed by atoms with E-state index in [9.17, 15) is 4.79 Å². The third-order valence-corrected chi connectivity index (χ3v) is 3.28. The second kappa shape index (κ2) is 7.53. The van der Waals surface area contributed by atoms with E-state index in [0.29, 0.717) is 18.8 Å². The second-order valence-electron chi connectivity index (χ2n) is 5.09. The third kappa shape index (κ3) is 4.67.